The number of carbonyl (C=O) groups is 1. The minimum Gasteiger partial charge on any atom is -0.489 e. The molecule has 3 heteroatoms. The van der Waals surface area contributed by atoms with Crippen molar-refractivity contribution in [3.05, 3.63) is 64.7 Å². The first-order valence-corrected chi connectivity index (χ1v) is 7.40. The molecule has 0 aliphatic rings. The average Bonchev–Trinajstić information content (AvgIpc) is 2.46. The molecule has 0 aromatic heterocycles. The number of rotatable bonds is 5. The van der Waals surface area contributed by atoms with E-state index in [1.165, 1.54) is 16.7 Å². The SMILES string of the molecule is Cc1cccc(C)c1COc1cccc(C(Br)C=O)c1. The van der Waals surface area contributed by atoms with E-state index in [-0.39, 0.29) is 4.83 Å². The van der Waals surface area contributed by atoms with Crippen molar-refractivity contribution in [1.82, 2.24) is 0 Å². The monoisotopic (exact) mass is 332 g/mol. The Hall–Kier alpha value is -1.61. The Morgan fingerprint density at radius 1 is 1.15 bits per heavy atom. The first-order valence-electron chi connectivity index (χ1n) is 6.49. The molecule has 0 heterocycles. The third kappa shape index (κ3) is 3.48. The van der Waals surface area contributed by atoms with Crippen molar-refractivity contribution in [1.29, 1.82) is 0 Å². The number of halogens is 1. The molecule has 0 bridgehead atoms. The number of hydrogen-bond donors (Lipinski definition) is 0. The highest BCUT2D eigenvalue weighted by atomic mass is 79.9. The van der Waals surface area contributed by atoms with E-state index in [2.05, 4.69) is 41.9 Å². The van der Waals surface area contributed by atoms with Crippen LogP contribution in [0.4, 0.5) is 0 Å². The van der Waals surface area contributed by atoms with Crippen molar-refractivity contribution in [2.45, 2.75) is 25.3 Å². The Morgan fingerprint density at radius 2 is 1.80 bits per heavy atom. The molecule has 2 rings (SSSR count). The summed E-state index contributed by atoms with van der Waals surface area (Å²) in [5.74, 6) is 0.774. The van der Waals surface area contributed by atoms with Crippen LogP contribution in [-0.2, 0) is 11.4 Å². The lowest BCUT2D eigenvalue weighted by atomic mass is 10.0. The first kappa shape index (κ1) is 14.8. The van der Waals surface area contributed by atoms with Crippen LogP contribution in [0.2, 0.25) is 0 Å². The lowest BCUT2D eigenvalue weighted by molar-refractivity contribution is -0.107. The summed E-state index contributed by atoms with van der Waals surface area (Å²) in [6.07, 6.45) is 0.866. The summed E-state index contributed by atoms with van der Waals surface area (Å²) in [6.45, 7) is 4.71. The van der Waals surface area contributed by atoms with Gasteiger partial charge in [0, 0.05) is 0 Å². The van der Waals surface area contributed by atoms with Crippen LogP contribution in [0.1, 0.15) is 27.1 Å². The van der Waals surface area contributed by atoms with Gasteiger partial charge in [-0.15, -0.1) is 0 Å². The molecule has 0 spiro atoms. The molecule has 0 aliphatic carbocycles. The van der Waals surface area contributed by atoms with Gasteiger partial charge in [-0.25, -0.2) is 0 Å². The topological polar surface area (TPSA) is 26.3 Å². The second kappa shape index (κ2) is 6.71. The van der Waals surface area contributed by atoms with E-state index in [1.807, 2.05) is 30.3 Å². The number of alkyl halides is 1. The zero-order valence-corrected chi connectivity index (χ0v) is 13.2. The van der Waals surface area contributed by atoms with Crippen LogP contribution in [-0.4, -0.2) is 6.29 Å². The van der Waals surface area contributed by atoms with Crippen molar-refractivity contribution in [2.24, 2.45) is 0 Å². The molecule has 104 valence electrons. The van der Waals surface area contributed by atoms with Gasteiger partial charge in [0.05, 0.1) is 4.83 Å². The number of carbonyl (C=O) groups excluding carboxylic acids is 1. The fourth-order valence-electron chi connectivity index (χ4n) is 2.09. The largest absolute Gasteiger partial charge is 0.489 e. The van der Waals surface area contributed by atoms with E-state index in [4.69, 9.17) is 4.74 Å². The van der Waals surface area contributed by atoms with E-state index in [9.17, 15) is 4.79 Å². The summed E-state index contributed by atoms with van der Waals surface area (Å²) in [5, 5.41) is 0. The number of hydrogen-bond acceptors (Lipinski definition) is 2. The molecular weight excluding hydrogens is 316 g/mol. The summed E-state index contributed by atoms with van der Waals surface area (Å²) >= 11 is 3.31. The zero-order valence-electron chi connectivity index (χ0n) is 11.6. The number of ether oxygens (including phenoxy) is 1. The van der Waals surface area contributed by atoms with Crippen molar-refractivity contribution in [2.75, 3.05) is 0 Å². The molecular formula is C17H17BrO2. The molecule has 0 saturated heterocycles. The predicted molar refractivity (Wildman–Crippen MR) is 84.4 cm³/mol. The second-order valence-electron chi connectivity index (χ2n) is 4.77. The Balaban J connectivity index is 2.13. The molecule has 0 fully saturated rings. The standard InChI is InChI=1S/C17H17BrO2/c1-12-5-3-6-13(2)16(12)11-20-15-8-4-7-14(9-15)17(18)10-19/h3-10,17H,11H2,1-2H3. The molecule has 1 unspecified atom stereocenters. The average molecular weight is 333 g/mol. The van der Waals surface area contributed by atoms with Crippen LogP contribution in [0.25, 0.3) is 0 Å². The Morgan fingerprint density at radius 3 is 2.45 bits per heavy atom. The normalized spacial score (nSPS) is 11.9. The van der Waals surface area contributed by atoms with Crippen molar-refractivity contribution in [3.8, 4) is 5.75 Å². The minimum absolute atomic E-state index is 0.286. The molecule has 0 N–H and O–H groups in total. The summed E-state index contributed by atoms with van der Waals surface area (Å²) in [6, 6.07) is 13.8. The quantitative estimate of drug-likeness (QED) is 0.594. The Labute approximate surface area is 127 Å². The van der Waals surface area contributed by atoms with Gasteiger partial charge in [-0.1, -0.05) is 46.3 Å². The summed E-state index contributed by atoms with van der Waals surface area (Å²) in [7, 11) is 0. The first-order chi connectivity index (χ1) is 9.61. The van der Waals surface area contributed by atoms with Crippen LogP contribution >= 0.6 is 15.9 Å². The van der Waals surface area contributed by atoms with Gasteiger partial charge in [-0.3, -0.25) is 0 Å². The highest BCUT2D eigenvalue weighted by Gasteiger charge is 2.07. The van der Waals surface area contributed by atoms with Crippen molar-refractivity contribution >= 4 is 22.2 Å². The fraction of sp³-hybridized carbons (Fsp3) is 0.235. The summed E-state index contributed by atoms with van der Waals surface area (Å²) in [5.41, 5.74) is 4.57. The van der Waals surface area contributed by atoms with Gasteiger partial charge in [-0.05, 0) is 48.2 Å². The van der Waals surface area contributed by atoms with Crippen LogP contribution in [0.15, 0.2) is 42.5 Å². The van der Waals surface area contributed by atoms with Crippen LogP contribution < -0.4 is 4.74 Å². The number of aldehydes is 1. The third-order valence-electron chi connectivity index (χ3n) is 3.32. The van der Waals surface area contributed by atoms with Gasteiger partial charge >= 0.3 is 0 Å². The second-order valence-corrected chi connectivity index (χ2v) is 5.76. The molecule has 0 aliphatic heterocycles. The maximum atomic E-state index is 10.8. The van der Waals surface area contributed by atoms with Gasteiger partial charge < -0.3 is 9.53 Å². The van der Waals surface area contributed by atoms with Crippen LogP contribution in [0.5, 0.6) is 5.75 Å². The third-order valence-corrected chi connectivity index (χ3v) is 4.07. The summed E-state index contributed by atoms with van der Waals surface area (Å²) < 4.78 is 5.85. The highest BCUT2D eigenvalue weighted by molar-refractivity contribution is 9.09. The number of aryl methyl sites for hydroxylation is 2. The highest BCUT2D eigenvalue weighted by Crippen LogP contribution is 2.25. The van der Waals surface area contributed by atoms with Gasteiger partial charge in [0.25, 0.3) is 0 Å². The molecule has 2 aromatic carbocycles. The molecule has 0 saturated carbocycles. The van der Waals surface area contributed by atoms with Gasteiger partial charge in [-0.2, -0.15) is 0 Å². The number of benzene rings is 2. The van der Waals surface area contributed by atoms with Crippen molar-refractivity contribution in [3.63, 3.8) is 0 Å². The van der Waals surface area contributed by atoms with E-state index >= 15 is 0 Å². The predicted octanol–water partition coefficient (Wildman–Crippen LogP) is 4.52. The molecule has 20 heavy (non-hydrogen) atoms. The molecule has 0 radical (unpaired) electrons. The minimum atomic E-state index is -0.286. The maximum absolute atomic E-state index is 10.8. The molecule has 0 amide bonds. The smallest absolute Gasteiger partial charge is 0.138 e. The van der Waals surface area contributed by atoms with Crippen LogP contribution in [0.3, 0.4) is 0 Å². The Kier molecular flexibility index (Phi) is 4.96. The Bertz CT molecular complexity index is 587. The van der Waals surface area contributed by atoms with E-state index in [0.717, 1.165) is 17.6 Å². The maximum Gasteiger partial charge on any atom is 0.138 e. The van der Waals surface area contributed by atoms with E-state index in [1.54, 1.807) is 0 Å². The van der Waals surface area contributed by atoms with Crippen LogP contribution in [0, 0.1) is 13.8 Å². The van der Waals surface area contributed by atoms with Gasteiger partial charge in [0.2, 0.25) is 0 Å². The lowest BCUT2D eigenvalue weighted by Gasteiger charge is -2.12. The van der Waals surface area contributed by atoms with E-state index < -0.39 is 0 Å². The summed E-state index contributed by atoms with van der Waals surface area (Å²) in [4.78, 5) is 10.5. The zero-order chi connectivity index (χ0) is 14.5. The van der Waals surface area contributed by atoms with Gasteiger partial charge in [0.1, 0.15) is 18.6 Å². The molecule has 1 atom stereocenters. The van der Waals surface area contributed by atoms with Gasteiger partial charge in [0.15, 0.2) is 0 Å². The van der Waals surface area contributed by atoms with E-state index in [0.29, 0.717) is 6.61 Å². The molecule has 2 nitrogen and oxygen atoms in total. The fourth-order valence-corrected chi connectivity index (χ4v) is 2.37. The molecule has 2 aromatic rings. The van der Waals surface area contributed by atoms with Crippen molar-refractivity contribution < 1.29 is 9.53 Å². The lowest BCUT2D eigenvalue weighted by Crippen LogP contribution is -2.01.